The molecule has 0 radical (unpaired) electrons. The number of aromatic nitrogens is 3. The monoisotopic (exact) mass is 588 g/mol. The molecule has 0 aromatic carbocycles. The summed E-state index contributed by atoms with van der Waals surface area (Å²) in [6.07, 6.45) is 4.99. The van der Waals surface area contributed by atoms with Crippen LogP contribution in [-0.2, 0) is 27.7 Å². The predicted molar refractivity (Wildman–Crippen MR) is 137 cm³/mol. The standard InChI is InChI=1S/C22H33IN4O3SSi/c1-21(2,3)30-20(28)27-9-8-22(19-15(7-10-29-22)11-18(23)31-19)12-17(27)16-13-26(25-24-16)14-32(4,5)6/h11,13,17H,7-10,12,14H2,1-6H3/t17-,22-/m0/s1. The zero-order valence-corrected chi connectivity index (χ0v) is 23.7. The highest BCUT2D eigenvalue weighted by Gasteiger charge is 2.49. The minimum atomic E-state index is -1.36. The summed E-state index contributed by atoms with van der Waals surface area (Å²) in [5, 5.41) is 8.93. The summed E-state index contributed by atoms with van der Waals surface area (Å²) in [4.78, 5) is 16.3. The number of amides is 1. The average molecular weight is 589 g/mol. The Balaban J connectivity index is 1.68. The van der Waals surface area contributed by atoms with Crippen LogP contribution in [0.3, 0.4) is 0 Å². The van der Waals surface area contributed by atoms with Gasteiger partial charge in [0.05, 0.1) is 29.8 Å². The lowest BCUT2D eigenvalue weighted by atomic mass is 9.81. The van der Waals surface area contributed by atoms with Crippen LogP contribution in [0.4, 0.5) is 4.79 Å². The number of ether oxygens (including phenoxy) is 2. The first-order chi connectivity index (χ1) is 14.9. The molecular formula is C22H33IN4O3SSi. The maximum absolute atomic E-state index is 13.2. The highest BCUT2D eigenvalue weighted by Crippen LogP contribution is 2.50. The number of hydrogen-bond donors (Lipinski definition) is 0. The third-order valence-corrected chi connectivity index (χ3v) is 9.16. The van der Waals surface area contributed by atoms with E-state index in [9.17, 15) is 4.79 Å². The molecule has 2 atom stereocenters. The van der Waals surface area contributed by atoms with Gasteiger partial charge in [-0.2, -0.15) is 0 Å². The van der Waals surface area contributed by atoms with Crippen molar-refractivity contribution in [2.45, 2.75) is 83.1 Å². The zero-order valence-electron chi connectivity index (χ0n) is 19.8. The van der Waals surface area contributed by atoms with Crippen LogP contribution in [0.1, 0.15) is 55.8 Å². The van der Waals surface area contributed by atoms with E-state index in [0.717, 1.165) is 24.7 Å². The number of carbonyl (C=O) groups excluding carboxylic acids is 1. The molecule has 1 saturated heterocycles. The first kappa shape index (κ1) is 24.2. The van der Waals surface area contributed by atoms with E-state index in [0.29, 0.717) is 19.6 Å². The van der Waals surface area contributed by atoms with E-state index in [-0.39, 0.29) is 17.7 Å². The van der Waals surface area contributed by atoms with Gasteiger partial charge in [0, 0.05) is 24.0 Å². The molecule has 0 aliphatic carbocycles. The average Bonchev–Trinajstić information content (AvgIpc) is 3.25. The maximum atomic E-state index is 13.2. The third-order valence-electron chi connectivity index (χ3n) is 5.76. The van der Waals surface area contributed by atoms with Crippen LogP contribution in [0.2, 0.25) is 19.6 Å². The SMILES string of the molecule is CC(C)(C)OC(=O)N1CC[C@@]2(C[C@H]1c1cn(C[Si](C)(C)C)nn1)OCCc1cc(I)sc12. The molecule has 2 aliphatic rings. The van der Waals surface area contributed by atoms with Crippen LogP contribution >= 0.6 is 33.9 Å². The number of piperidine rings is 1. The van der Waals surface area contributed by atoms with Crippen molar-refractivity contribution in [3.8, 4) is 0 Å². The maximum Gasteiger partial charge on any atom is 0.410 e. The van der Waals surface area contributed by atoms with Crippen molar-refractivity contribution in [3.05, 3.63) is 31.3 Å². The van der Waals surface area contributed by atoms with E-state index in [1.807, 2.05) is 47.9 Å². The second-order valence-electron chi connectivity index (χ2n) is 11.0. The predicted octanol–water partition coefficient (Wildman–Crippen LogP) is 5.36. The molecule has 0 N–H and O–H groups in total. The van der Waals surface area contributed by atoms with Crippen molar-refractivity contribution in [1.29, 1.82) is 0 Å². The van der Waals surface area contributed by atoms with Crippen LogP contribution in [0.15, 0.2) is 12.3 Å². The van der Waals surface area contributed by atoms with Crippen molar-refractivity contribution in [3.63, 3.8) is 0 Å². The molecule has 4 heterocycles. The summed E-state index contributed by atoms with van der Waals surface area (Å²) >= 11 is 4.22. The number of rotatable bonds is 3. The largest absolute Gasteiger partial charge is 0.444 e. The van der Waals surface area contributed by atoms with Crippen molar-refractivity contribution >= 4 is 48.1 Å². The second-order valence-corrected chi connectivity index (χ2v) is 19.4. The highest BCUT2D eigenvalue weighted by atomic mass is 127. The lowest BCUT2D eigenvalue weighted by Crippen LogP contribution is -2.50. The van der Waals surface area contributed by atoms with Gasteiger partial charge in [0.15, 0.2) is 0 Å². The summed E-state index contributed by atoms with van der Waals surface area (Å²) in [6.45, 7) is 13.9. The smallest absolute Gasteiger partial charge is 0.410 e. The van der Waals surface area contributed by atoms with E-state index in [1.54, 1.807) is 0 Å². The molecule has 0 bridgehead atoms. The van der Waals surface area contributed by atoms with Gasteiger partial charge in [-0.05, 0) is 67.8 Å². The molecule has 7 nitrogen and oxygen atoms in total. The van der Waals surface area contributed by atoms with Gasteiger partial charge in [0.1, 0.15) is 16.9 Å². The minimum Gasteiger partial charge on any atom is -0.444 e. The summed E-state index contributed by atoms with van der Waals surface area (Å²) in [6, 6.07) is 2.05. The Morgan fingerprint density at radius 2 is 2.16 bits per heavy atom. The molecule has 4 rings (SSSR count). The van der Waals surface area contributed by atoms with Gasteiger partial charge in [-0.25, -0.2) is 4.79 Å². The molecule has 1 fully saturated rings. The quantitative estimate of drug-likeness (QED) is 0.357. The fourth-order valence-electron chi connectivity index (χ4n) is 4.54. The number of thiophene rings is 1. The molecule has 1 spiro atoms. The molecule has 1 amide bonds. The fraction of sp³-hybridized carbons (Fsp3) is 0.682. The van der Waals surface area contributed by atoms with Gasteiger partial charge in [-0.3, -0.25) is 9.58 Å². The molecule has 32 heavy (non-hydrogen) atoms. The normalized spacial score (nSPS) is 24.0. The Labute approximate surface area is 209 Å². The summed E-state index contributed by atoms with van der Waals surface area (Å²) < 4.78 is 15.5. The lowest BCUT2D eigenvalue weighted by Gasteiger charge is -2.47. The number of halogens is 1. The van der Waals surface area contributed by atoms with E-state index >= 15 is 0 Å². The van der Waals surface area contributed by atoms with Gasteiger partial charge >= 0.3 is 6.09 Å². The molecular weight excluding hydrogens is 555 g/mol. The Hall–Kier alpha value is -0.983. The zero-order chi connectivity index (χ0) is 23.3. The first-order valence-corrected chi connectivity index (χ1v) is 16.8. The molecule has 2 aliphatic heterocycles. The lowest BCUT2D eigenvalue weighted by molar-refractivity contribution is -0.112. The van der Waals surface area contributed by atoms with E-state index in [4.69, 9.17) is 9.47 Å². The fourth-order valence-corrected chi connectivity index (χ4v) is 7.82. The number of nitrogens with zero attached hydrogens (tertiary/aromatic N) is 4. The topological polar surface area (TPSA) is 69.5 Å². The van der Waals surface area contributed by atoms with Gasteiger partial charge in [0.2, 0.25) is 0 Å². The number of hydrogen-bond acceptors (Lipinski definition) is 6. The second kappa shape index (κ2) is 8.66. The van der Waals surface area contributed by atoms with Crippen LogP contribution < -0.4 is 0 Å². The number of fused-ring (bicyclic) bond motifs is 2. The minimum absolute atomic E-state index is 0.236. The van der Waals surface area contributed by atoms with Gasteiger partial charge in [0.25, 0.3) is 0 Å². The molecule has 10 heteroatoms. The van der Waals surface area contributed by atoms with E-state index in [2.05, 4.69) is 58.6 Å². The third kappa shape index (κ3) is 5.23. The molecule has 2 aromatic rings. The molecule has 0 unspecified atom stereocenters. The number of likely N-dealkylation sites (tertiary alicyclic amines) is 1. The van der Waals surface area contributed by atoms with E-state index < -0.39 is 13.7 Å². The Morgan fingerprint density at radius 3 is 2.84 bits per heavy atom. The van der Waals surface area contributed by atoms with Gasteiger partial charge < -0.3 is 9.47 Å². The van der Waals surface area contributed by atoms with Crippen molar-refractivity contribution in [2.75, 3.05) is 13.2 Å². The van der Waals surface area contributed by atoms with Crippen LogP contribution in [0.5, 0.6) is 0 Å². The van der Waals surface area contributed by atoms with Gasteiger partial charge in [-0.15, -0.1) is 16.4 Å². The van der Waals surface area contributed by atoms with Crippen molar-refractivity contribution in [1.82, 2.24) is 19.9 Å². The van der Waals surface area contributed by atoms with Crippen LogP contribution in [0.25, 0.3) is 0 Å². The summed E-state index contributed by atoms with van der Waals surface area (Å²) in [7, 11) is -1.36. The Bertz CT molecular complexity index is 996. The van der Waals surface area contributed by atoms with E-state index in [1.165, 1.54) is 13.3 Å². The summed E-state index contributed by atoms with van der Waals surface area (Å²) in [5.41, 5.74) is 1.27. The molecule has 0 saturated carbocycles. The Morgan fingerprint density at radius 1 is 1.41 bits per heavy atom. The Kier molecular flexibility index (Phi) is 6.54. The van der Waals surface area contributed by atoms with Crippen molar-refractivity contribution in [2.24, 2.45) is 0 Å². The molecule has 176 valence electrons. The van der Waals surface area contributed by atoms with Crippen LogP contribution in [0, 0.1) is 2.88 Å². The number of carbonyl (C=O) groups is 1. The van der Waals surface area contributed by atoms with Gasteiger partial charge in [-0.1, -0.05) is 24.9 Å². The van der Waals surface area contributed by atoms with Crippen molar-refractivity contribution < 1.29 is 14.3 Å². The highest BCUT2D eigenvalue weighted by molar-refractivity contribution is 14.1. The molecule has 2 aromatic heterocycles. The van der Waals surface area contributed by atoms with Crippen LogP contribution in [-0.4, -0.2) is 52.8 Å². The summed E-state index contributed by atoms with van der Waals surface area (Å²) in [5.74, 6) is 0. The first-order valence-electron chi connectivity index (χ1n) is 11.2.